The van der Waals surface area contributed by atoms with Gasteiger partial charge in [-0.1, -0.05) is 19.1 Å². The number of ether oxygens (including phenoxy) is 1. The maximum Gasteiger partial charge on any atom is 0.232 e. The lowest BCUT2D eigenvalue weighted by Gasteiger charge is -2.10. The first-order valence-electron chi connectivity index (χ1n) is 4.96. The van der Waals surface area contributed by atoms with Crippen molar-refractivity contribution in [1.82, 2.24) is 0 Å². The van der Waals surface area contributed by atoms with Gasteiger partial charge in [0.2, 0.25) is 9.05 Å². The molecule has 16 heavy (non-hydrogen) atoms. The fourth-order valence-electron chi connectivity index (χ4n) is 1.60. The van der Waals surface area contributed by atoms with Crippen molar-refractivity contribution in [3.63, 3.8) is 0 Å². The van der Waals surface area contributed by atoms with Crippen molar-refractivity contribution in [1.29, 1.82) is 0 Å². The van der Waals surface area contributed by atoms with Crippen molar-refractivity contribution in [3.8, 4) is 5.75 Å². The largest absolute Gasteiger partial charge is 0.497 e. The minimum Gasteiger partial charge on any atom is -0.497 e. The molecule has 90 valence electrons. The molecular formula is C11H15ClO3S. The molecule has 3 nitrogen and oxygen atoms in total. The third-order valence-corrected chi connectivity index (χ3v) is 3.55. The molecule has 0 fully saturated rings. The van der Waals surface area contributed by atoms with E-state index >= 15 is 0 Å². The van der Waals surface area contributed by atoms with Crippen molar-refractivity contribution < 1.29 is 13.2 Å². The number of hydrogen-bond acceptors (Lipinski definition) is 3. The van der Waals surface area contributed by atoms with E-state index in [9.17, 15) is 8.42 Å². The van der Waals surface area contributed by atoms with Gasteiger partial charge in [-0.25, -0.2) is 8.42 Å². The maximum absolute atomic E-state index is 10.9. The first-order chi connectivity index (χ1) is 7.40. The molecule has 0 heterocycles. The van der Waals surface area contributed by atoms with Crippen LogP contribution in [-0.4, -0.2) is 21.3 Å². The summed E-state index contributed by atoms with van der Waals surface area (Å²) >= 11 is 0. The van der Waals surface area contributed by atoms with E-state index in [4.69, 9.17) is 15.4 Å². The van der Waals surface area contributed by atoms with Crippen LogP contribution in [0.1, 0.15) is 12.5 Å². The van der Waals surface area contributed by atoms with Crippen LogP contribution in [-0.2, 0) is 15.5 Å². The van der Waals surface area contributed by atoms with Crippen LogP contribution >= 0.6 is 10.7 Å². The van der Waals surface area contributed by atoms with Crippen LogP contribution in [0.25, 0.3) is 0 Å². The third kappa shape index (κ3) is 4.86. The minimum absolute atomic E-state index is 0.00499. The van der Waals surface area contributed by atoms with Crippen LogP contribution in [0.3, 0.4) is 0 Å². The van der Waals surface area contributed by atoms with Crippen molar-refractivity contribution in [2.45, 2.75) is 13.3 Å². The Bertz CT molecular complexity index is 442. The molecule has 0 aromatic heterocycles. The Morgan fingerprint density at radius 1 is 1.44 bits per heavy atom. The van der Waals surface area contributed by atoms with Crippen LogP contribution in [0.15, 0.2) is 24.3 Å². The third-order valence-electron chi connectivity index (χ3n) is 2.20. The number of methoxy groups -OCH3 is 1. The SMILES string of the molecule is COc1cccc(CC(C)CS(=O)(=O)Cl)c1. The lowest BCUT2D eigenvalue weighted by Crippen LogP contribution is -2.11. The highest BCUT2D eigenvalue weighted by molar-refractivity contribution is 8.13. The first-order valence-corrected chi connectivity index (χ1v) is 7.44. The summed E-state index contributed by atoms with van der Waals surface area (Å²) in [5.41, 5.74) is 1.05. The van der Waals surface area contributed by atoms with Crippen LogP contribution in [0, 0.1) is 5.92 Å². The van der Waals surface area contributed by atoms with Gasteiger partial charge in [-0.3, -0.25) is 0 Å². The van der Waals surface area contributed by atoms with E-state index in [1.54, 1.807) is 7.11 Å². The molecule has 0 aliphatic heterocycles. The molecule has 0 bridgehead atoms. The second-order valence-electron chi connectivity index (χ2n) is 3.87. The van der Waals surface area contributed by atoms with Crippen LogP contribution in [0.5, 0.6) is 5.75 Å². The Hall–Kier alpha value is -0.740. The number of halogens is 1. The highest BCUT2D eigenvalue weighted by Gasteiger charge is 2.13. The van der Waals surface area contributed by atoms with E-state index in [1.165, 1.54) is 0 Å². The summed E-state index contributed by atoms with van der Waals surface area (Å²) in [4.78, 5) is 0. The summed E-state index contributed by atoms with van der Waals surface area (Å²) in [5, 5.41) is 0. The Kier molecular flexibility index (Phi) is 4.62. The van der Waals surface area contributed by atoms with Crippen LogP contribution in [0.4, 0.5) is 0 Å². The zero-order valence-corrected chi connectivity index (χ0v) is 10.9. The molecular weight excluding hydrogens is 248 g/mol. The quantitative estimate of drug-likeness (QED) is 0.766. The number of rotatable bonds is 5. The van der Waals surface area contributed by atoms with Crippen molar-refractivity contribution in [2.75, 3.05) is 12.9 Å². The fourth-order valence-corrected chi connectivity index (χ4v) is 3.04. The average Bonchev–Trinajstić information content (AvgIpc) is 2.15. The van der Waals surface area contributed by atoms with Gasteiger partial charge in [0.25, 0.3) is 0 Å². The standard InChI is InChI=1S/C11H15ClO3S/c1-9(8-16(12,13)14)6-10-4-3-5-11(7-10)15-2/h3-5,7,9H,6,8H2,1-2H3. The predicted octanol–water partition coefficient (Wildman–Crippen LogP) is 2.44. The van der Waals surface area contributed by atoms with Gasteiger partial charge < -0.3 is 4.74 Å². The first kappa shape index (κ1) is 13.3. The second kappa shape index (κ2) is 5.55. The van der Waals surface area contributed by atoms with Gasteiger partial charge in [0.15, 0.2) is 0 Å². The van der Waals surface area contributed by atoms with E-state index in [0.29, 0.717) is 6.42 Å². The van der Waals surface area contributed by atoms with E-state index in [2.05, 4.69) is 0 Å². The number of benzene rings is 1. The average molecular weight is 263 g/mol. The predicted molar refractivity (Wildman–Crippen MR) is 65.5 cm³/mol. The highest BCUT2D eigenvalue weighted by Crippen LogP contribution is 2.17. The van der Waals surface area contributed by atoms with Gasteiger partial charge in [-0.15, -0.1) is 0 Å². The monoisotopic (exact) mass is 262 g/mol. The smallest absolute Gasteiger partial charge is 0.232 e. The van der Waals surface area contributed by atoms with Gasteiger partial charge >= 0.3 is 0 Å². The highest BCUT2D eigenvalue weighted by atomic mass is 35.7. The molecule has 0 spiro atoms. The molecule has 5 heteroatoms. The van der Waals surface area contributed by atoms with Crippen LogP contribution in [0.2, 0.25) is 0 Å². The maximum atomic E-state index is 10.9. The van der Waals surface area contributed by atoms with Crippen molar-refractivity contribution >= 4 is 19.7 Å². The summed E-state index contributed by atoms with van der Waals surface area (Å²) in [6.07, 6.45) is 0.670. The van der Waals surface area contributed by atoms with Crippen LogP contribution < -0.4 is 4.74 Å². The molecule has 1 atom stereocenters. The van der Waals surface area contributed by atoms with E-state index in [-0.39, 0.29) is 11.7 Å². The molecule has 0 saturated carbocycles. The normalized spacial score (nSPS) is 13.4. The molecule has 0 aliphatic rings. The van der Waals surface area contributed by atoms with Gasteiger partial charge in [0.05, 0.1) is 12.9 Å². The molecule has 1 aromatic carbocycles. The van der Waals surface area contributed by atoms with Gasteiger partial charge in [-0.05, 0) is 30.0 Å². The summed E-state index contributed by atoms with van der Waals surface area (Å²) in [6.45, 7) is 1.86. The van der Waals surface area contributed by atoms with E-state index < -0.39 is 9.05 Å². The Morgan fingerprint density at radius 3 is 2.69 bits per heavy atom. The van der Waals surface area contributed by atoms with Crippen molar-refractivity contribution in [3.05, 3.63) is 29.8 Å². The summed E-state index contributed by atoms with van der Waals surface area (Å²) in [6, 6.07) is 7.58. The van der Waals surface area contributed by atoms with Gasteiger partial charge in [-0.2, -0.15) is 0 Å². The minimum atomic E-state index is -3.42. The molecule has 0 aliphatic carbocycles. The summed E-state index contributed by atoms with van der Waals surface area (Å²) in [7, 11) is 3.39. The van der Waals surface area contributed by atoms with E-state index in [1.807, 2.05) is 31.2 Å². The lowest BCUT2D eigenvalue weighted by atomic mass is 10.0. The Morgan fingerprint density at radius 2 is 2.12 bits per heavy atom. The molecule has 0 saturated heterocycles. The van der Waals surface area contributed by atoms with Crippen molar-refractivity contribution in [2.24, 2.45) is 5.92 Å². The molecule has 1 aromatic rings. The fraction of sp³-hybridized carbons (Fsp3) is 0.455. The second-order valence-corrected chi connectivity index (χ2v) is 6.69. The lowest BCUT2D eigenvalue weighted by molar-refractivity contribution is 0.414. The van der Waals surface area contributed by atoms with E-state index in [0.717, 1.165) is 11.3 Å². The number of hydrogen-bond donors (Lipinski definition) is 0. The molecule has 0 amide bonds. The summed E-state index contributed by atoms with van der Waals surface area (Å²) in [5.74, 6) is 0.763. The van der Waals surface area contributed by atoms with Gasteiger partial charge in [0, 0.05) is 10.7 Å². The molecule has 1 rings (SSSR count). The summed E-state index contributed by atoms with van der Waals surface area (Å²) < 4.78 is 26.9. The topological polar surface area (TPSA) is 43.4 Å². The Balaban J connectivity index is 2.65. The molecule has 0 radical (unpaired) electrons. The zero-order valence-electron chi connectivity index (χ0n) is 9.31. The Labute approximate surface area is 101 Å². The molecule has 1 unspecified atom stereocenters. The zero-order chi connectivity index (χ0) is 12.2. The molecule has 0 N–H and O–H groups in total. The van der Waals surface area contributed by atoms with Gasteiger partial charge in [0.1, 0.15) is 5.75 Å².